The molecule has 0 spiro atoms. The fourth-order valence-corrected chi connectivity index (χ4v) is 2.83. The van der Waals surface area contributed by atoms with Gasteiger partial charge in [-0.25, -0.2) is 0 Å². The number of rotatable bonds is 10. The lowest BCUT2D eigenvalue weighted by atomic mass is 10.1. The van der Waals surface area contributed by atoms with E-state index in [2.05, 4.69) is 26.6 Å². The highest BCUT2D eigenvalue weighted by molar-refractivity contribution is 9.10. The van der Waals surface area contributed by atoms with E-state index in [9.17, 15) is 9.59 Å². The van der Waals surface area contributed by atoms with Crippen LogP contribution in [0.15, 0.2) is 46.9 Å². The van der Waals surface area contributed by atoms with Gasteiger partial charge in [-0.3, -0.25) is 9.59 Å². The predicted octanol–water partition coefficient (Wildman–Crippen LogP) is 3.34. The van der Waals surface area contributed by atoms with Crippen LogP contribution in [0.5, 0.6) is 11.5 Å². The molecule has 150 valence electrons. The van der Waals surface area contributed by atoms with Gasteiger partial charge in [0.15, 0.2) is 11.5 Å². The Morgan fingerprint density at radius 2 is 1.71 bits per heavy atom. The van der Waals surface area contributed by atoms with Crippen LogP contribution in [0.2, 0.25) is 0 Å². The van der Waals surface area contributed by atoms with E-state index >= 15 is 0 Å². The molecule has 2 N–H and O–H groups in total. The van der Waals surface area contributed by atoms with Crippen LogP contribution in [-0.4, -0.2) is 38.6 Å². The molecule has 6 nitrogen and oxygen atoms in total. The Hall–Kier alpha value is -2.54. The number of carbonyl (C=O) groups excluding carboxylic acids is 2. The molecule has 0 atom stereocenters. The zero-order valence-corrected chi connectivity index (χ0v) is 17.7. The quantitative estimate of drug-likeness (QED) is 0.546. The van der Waals surface area contributed by atoms with Crippen molar-refractivity contribution in [2.45, 2.75) is 19.8 Å². The van der Waals surface area contributed by atoms with Crippen molar-refractivity contribution in [1.29, 1.82) is 0 Å². The molecule has 0 aliphatic carbocycles. The van der Waals surface area contributed by atoms with Crippen molar-refractivity contribution in [2.24, 2.45) is 0 Å². The highest BCUT2D eigenvalue weighted by Crippen LogP contribution is 2.28. The summed E-state index contributed by atoms with van der Waals surface area (Å²) in [7, 11) is 1.59. The summed E-state index contributed by atoms with van der Waals surface area (Å²) in [5.41, 5.74) is 1.58. The number of hydrogen-bond acceptors (Lipinski definition) is 4. The minimum absolute atomic E-state index is 0.0641. The summed E-state index contributed by atoms with van der Waals surface area (Å²) in [4.78, 5) is 24.0. The van der Waals surface area contributed by atoms with Gasteiger partial charge in [-0.05, 0) is 55.3 Å². The van der Waals surface area contributed by atoms with Crippen molar-refractivity contribution in [3.8, 4) is 11.5 Å². The molecule has 0 saturated heterocycles. The summed E-state index contributed by atoms with van der Waals surface area (Å²) in [6, 6.07) is 12.8. The standard InChI is InChI=1S/C21H25BrN2O4/c1-3-28-18-10-4-15(14-19(18)27-2)5-11-20(25)23-12-13-24-21(26)16-6-8-17(22)9-7-16/h4,6-10,14H,3,5,11-13H2,1-2H3,(H,23,25)(H,24,26). The molecule has 2 rings (SSSR count). The third-order valence-corrected chi connectivity index (χ3v) is 4.54. The van der Waals surface area contributed by atoms with Gasteiger partial charge in [-0.15, -0.1) is 0 Å². The topological polar surface area (TPSA) is 76.7 Å². The highest BCUT2D eigenvalue weighted by Gasteiger charge is 2.08. The van der Waals surface area contributed by atoms with Crippen LogP contribution in [0.4, 0.5) is 0 Å². The number of carbonyl (C=O) groups is 2. The van der Waals surface area contributed by atoms with Crippen molar-refractivity contribution in [2.75, 3.05) is 26.8 Å². The lowest BCUT2D eigenvalue weighted by molar-refractivity contribution is -0.121. The first-order valence-corrected chi connectivity index (χ1v) is 9.93. The number of hydrogen-bond donors (Lipinski definition) is 2. The minimum Gasteiger partial charge on any atom is -0.493 e. The monoisotopic (exact) mass is 448 g/mol. The van der Waals surface area contributed by atoms with Crippen molar-refractivity contribution in [3.63, 3.8) is 0 Å². The van der Waals surface area contributed by atoms with E-state index in [1.54, 1.807) is 19.2 Å². The molecule has 0 aliphatic rings. The summed E-state index contributed by atoms with van der Waals surface area (Å²) in [5, 5.41) is 5.59. The minimum atomic E-state index is -0.164. The fraction of sp³-hybridized carbons (Fsp3) is 0.333. The van der Waals surface area contributed by atoms with Crippen molar-refractivity contribution < 1.29 is 19.1 Å². The van der Waals surface area contributed by atoms with Crippen LogP contribution in [-0.2, 0) is 11.2 Å². The average molecular weight is 449 g/mol. The third-order valence-electron chi connectivity index (χ3n) is 4.01. The smallest absolute Gasteiger partial charge is 0.251 e. The second kappa shape index (κ2) is 11.3. The predicted molar refractivity (Wildman–Crippen MR) is 112 cm³/mol. The van der Waals surface area contributed by atoms with E-state index < -0.39 is 0 Å². The first-order valence-electron chi connectivity index (χ1n) is 9.13. The van der Waals surface area contributed by atoms with E-state index in [0.717, 1.165) is 10.0 Å². The first-order chi connectivity index (χ1) is 13.5. The molecular formula is C21H25BrN2O4. The van der Waals surface area contributed by atoms with Crippen LogP contribution < -0.4 is 20.1 Å². The van der Waals surface area contributed by atoms with Crippen molar-refractivity contribution >= 4 is 27.7 Å². The Morgan fingerprint density at radius 1 is 1.00 bits per heavy atom. The molecule has 7 heteroatoms. The third kappa shape index (κ3) is 6.88. The Labute approximate surface area is 173 Å². The number of aryl methyl sites for hydroxylation is 1. The number of methoxy groups -OCH3 is 1. The molecule has 0 radical (unpaired) electrons. The number of ether oxygens (including phenoxy) is 2. The van der Waals surface area contributed by atoms with E-state index in [1.807, 2.05) is 37.3 Å². The second-order valence-corrected chi connectivity index (χ2v) is 6.95. The van der Waals surface area contributed by atoms with Gasteiger partial charge < -0.3 is 20.1 Å². The van der Waals surface area contributed by atoms with Crippen LogP contribution >= 0.6 is 15.9 Å². The van der Waals surface area contributed by atoms with Crippen molar-refractivity contribution in [3.05, 3.63) is 58.1 Å². The van der Waals surface area contributed by atoms with Gasteiger partial charge in [-0.2, -0.15) is 0 Å². The lowest BCUT2D eigenvalue weighted by Gasteiger charge is -2.11. The molecule has 0 unspecified atom stereocenters. The summed E-state index contributed by atoms with van der Waals surface area (Å²) in [5.74, 6) is 1.13. The number of benzene rings is 2. The van der Waals surface area contributed by atoms with Gasteiger partial charge in [0.1, 0.15) is 0 Å². The summed E-state index contributed by atoms with van der Waals surface area (Å²) < 4.78 is 11.7. The van der Waals surface area contributed by atoms with E-state index in [0.29, 0.717) is 49.6 Å². The molecule has 2 amide bonds. The Morgan fingerprint density at radius 3 is 2.39 bits per heavy atom. The Balaban J connectivity index is 1.70. The molecule has 0 bridgehead atoms. The van der Waals surface area contributed by atoms with Crippen molar-refractivity contribution in [1.82, 2.24) is 10.6 Å². The Bertz CT molecular complexity index is 793. The molecule has 0 saturated carbocycles. The molecule has 28 heavy (non-hydrogen) atoms. The molecule has 0 fully saturated rings. The van der Waals surface area contributed by atoms with Gasteiger partial charge in [0.2, 0.25) is 5.91 Å². The molecule has 0 heterocycles. The van der Waals surface area contributed by atoms with Gasteiger partial charge >= 0.3 is 0 Å². The molecule has 2 aromatic rings. The SMILES string of the molecule is CCOc1ccc(CCC(=O)NCCNC(=O)c2ccc(Br)cc2)cc1OC. The second-order valence-electron chi connectivity index (χ2n) is 6.03. The van der Waals surface area contributed by atoms with E-state index in [1.165, 1.54) is 0 Å². The molecule has 0 aliphatic heterocycles. The summed E-state index contributed by atoms with van der Waals surface area (Å²) >= 11 is 3.33. The van der Waals surface area contributed by atoms with Crippen LogP contribution in [0.25, 0.3) is 0 Å². The van der Waals surface area contributed by atoms with Gasteiger partial charge in [0, 0.05) is 29.5 Å². The van der Waals surface area contributed by atoms with Gasteiger partial charge in [0.05, 0.1) is 13.7 Å². The number of amides is 2. The number of halogens is 1. The van der Waals surface area contributed by atoms with Gasteiger partial charge in [-0.1, -0.05) is 22.0 Å². The largest absolute Gasteiger partial charge is 0.493 e. The molecule has 0 aromatic heterocycles. The van der Waals surface area contributed by atoms with E-state index in [-0.39, 0.29) is 11.8 Å². The van der Waals surface area contributed by atoms with Gasteiger partial charge in [0.25, 0.3) is 5.91 Å². The summed E-state index contributed by atoms with van der Waals surface area (Å²) in [6.45, 7) is 3.24. The fourth-order valence-electron chi connectivity index (χ4n) is 2.57. The maximum absolute atomic E-state index is 12.0. The lowest BCUT2D eigenvalue weighted by Crippen LogP contribution is -2.34. The normalized spacial score (nSPS) is 10.2. The molecular weight excluding hydrogens is 424 g/mol. The molecule has 2 aromatic carbocycles. The maximum atomic E-state index is 12.0. The first kappa shape index (κ1) is 21.8. The number of nitrogens with one attached hydrogen (secondary N) is 2. The maximum Gasteiger partial charge on any atom is 0.251 e. The van der Waals surface area contributed by atoms with E-state index in [4.69, 9.17) is 9.47 Å². The Kier molecular flexibility index (Phi) is 8.81. The zero-order valence-electron chi connectivity index (χ0n) is 16.1. The zero-order chi connectivity index (χ0) is 20.4. The van der Waals surface area contributed by atoms with Crippen LogP contribution in [0.1, 0.15) is 29.3 Å². The summed E-state index contributed by atoms with van der Waals surface area (Å²) in [6.07, 6.45) is 0.956. The highest BCUT2D eigenvalue weighted by atomic mass is 79.9. The van der Waals surface area contributed by atoms with Crippen LogP contribution in [0, 0.1) is 0 Å². The van der Waals surface area contributed by atoms with Crippen LogP contribution in [0.3, 0.4) is 0 Å². The average Bonchev–Trinajstić information content (AvgIpc) is 2.71.